The normalized spacial score (nSPS) is 10.1. The zero-order valence-corrected chi connectivity index (χ0v) is 29.9. The molecule has 218 valence electrons. The molecule has 3 nitrogen and oxygen atoms in total. The van der Waals surface area contributed by atoms with Gasteiger partial charge in [-0.25, -0.2) is 11.6 Å². The topological polar surface area (TPSA) is 69.2 Å². The van der Waals surface area contributed by atoms with Crippen molar-refractivity contribution in [1.29, 1.82) is 0 Å². The van der Waals surface area contributed by atoms with Gasteiger partial charge in [0, 0.05) is 0 Å². The number of hydrogen-bond donors (Lipinski definition) is 0. The van der Waals surface area contributed by atoms with Crippen LogP contribution in [0.4, 0.5) is 0 Å². The van der Waals surface area contributed by atoms with Crippen molar-refractivity contribution >= 4 is 16.1 Å². The molecular weight excluding hydrogens is 572 g/mol. The van der Waals surface area contributed by atoms with Crippen LogP contribution in [0.25, 0.3) is 0 Å². The first kappa shape index (κ1) is 42.6. The Morgan fingerprint density at radius 2 is 0.780 bits per heavy atom. The molecule has 0 fully saturated rings. The molecule has 0 aliphatic rings. The van der Waals surface area contributed by atoms with Gasteiger partial charge in [-0.05, 0) is 0 Å². The molecule has 0 unspecified atom stereocenters. The molecule has 0 radical (unpaired) electrons. The summed E-state index contributed by atoms with van der Waals surface area (Å²) in [6.07, 6.45) is 6.40. The van der Waals surface area contributed by atoms with Crippen molar-refractivity contribution in [2.75, 3.05) is 0 Å². The van der Waals surface area contributed by atoms with Crippen LogP contribution < -0.4 is 15.3 Å². The van der Waals surface area contributed by atoms with Gasteiger partial charge < -0.3 is 15.3 Å². The van der Waals surface area contributed by atoms with Crippen LogP contribution in [-0.2, 0) is 21.7 Å². The molecule has 3 rings (SSSR count). The third-order valence-corrected chi connectivity index (χ3v) is 6.43. The van der Waals surface area contributed by atoms with Crippen LogP contribution in [0.3, 0.4) is 0 Å². The smallest absolute Gasteiger partial charge is 0.872 e. The maximum absolute atomic E-state index is 10.3. The average Bonchev–Trinajstić information content (AvgIpc) is 2.83. The van der Waals surface area contributed by atoms with Crippen LogP contribution in [0.5, 0.6) is 17.2 Å². The van der Waals surface area contributed by atoms with E-state index in [0.29, 0.717) is 0 Å². The molecule has 0 atom stereocenters. The molecule has 0 aliphatic carbocycles. The van der Waals surface area contributed by atoms with Crippen molar-refractivity contribution in [3.8, 4) is 17.2 Å². The van der Waals surface area contributed by atoms with Gasteiger partial charge in [0.1, 0.15) is 0 Å². The third-order valence-electron chi connectivity index (χ3n) is 4.05. The summed E-state index contributed by atoms with van der Waals surface area (Å²) in [5.74, 6) is 0.215. The predicted molar refractivity (Wildman–Crippen MR) is 176 cm³/mol. The van der Waals surface area contributed by atoms with E-state index in [-0.39, 0.29) is 39.0 Å². The van der Waals surface area contributed by atoms with Crippen molar-refractivity contribution in [3.63, 3.8) is 0 Å². The van der Waals surface area contributed by atoms with Gasteiger partial charge in [-0.3, -0.25) is 6.58 Å². The minimum absolute atomic E-state index is 0. The Bertz CT molecular complexity index is 1000. The number of hydrogen-bond acceptors (Lipinski definition) is 3. The van der Waals surface area contributed by atoms with E-state index in [1.54, 1.807) is 36.4 Å². The summed E-state index contributed by atoms with van der Waals surface area (Å²) in [6, 6.07) is 25.0. The Morgan fingerprint density at radius 1 is 0.537 bits per heavy atom. The van der Waals surface area contributed by atoms with E-state index >= 15 is 0 Å². The van der Waals surface area contributed by atoms with Crippen LogP contribution >= 0.6 is 0 Å². The summed E-state index contributed by atoms with van der Waals surface area (Å²) in [4.78, 5) is 0. The Hall–Kier alpha value is -2.83. The largest absolute Gasteiger partial charge is 4.00 e. The van der Waals surface area contributed by atoms with Gasteiger partial charge in [-0.15, -0.1) is 17.2 Å². The molecule has 0 bridgehead atoms. The summed E-state index contributed by atoms with van der Waals surface area (Å²) in [6.45, 7) is 25.4. The zero-order valence-electron chi connectivity index (χ0n) is 26.3. The molecule has 0 spiro atoms. The molecule has 0 saturated carbocycles. The SMILES string of the molecule is C[Si](C)(C)C=CC=C[Si](C)(C)C.[CH-]=C(C)C=C(C)C.[O-]c1ccccc1.[O-]c1ccccc1.[O-]c1ccccc1.[Ti+4]. The van der Waals surface area contributed by atoms with Crippen LogP contribution in [0.15, 0.2) is 132 Å². The second-order valence-electron chi connectivity index (χ2n) is 11.4. The average molecular weight is 621 g/mol. The molecule has 3 aromatic rings. The minimum atomic E-state index is -0.970. The molecular formula is C35H48O3Si2Ti. The van der Waals surface area contributed by atoms with E-state index < -0.39 is 16.1 Å². The first-order chi connectivity index (χ1) is 18.5. The molecule has 0 saturated heterocycles. The quantitative estimate of drug-likeness (QED) is 0.167. The fourth-order valence-electron chi connectivity index (χ4n) is 2.41. The number of rotatable bonds is 4. The summed E-state index contributed by atoms with van der Waals surface area (Å²) in [5.41, 5.74) is 6.88. The fourth-order valence-corrected chi connectivity index (χ4v) is 3.78. The molecule has 0 amide bonds. The van der Waals surface area contributed by atoms with E-state index in [9.17, 15) is 15.3 Å². The van der Waals surface area contributed by atoms with Gasteiger partial charge in [0.2, 0.25) is 0 Å². The number of allylic oxidation sites excluding steroid dienone is 5. The Balaban J connectivity index is -0.000000446. The maximum atomic E-state index is 10.3. The molecule has 0 aromatic heterocycles. The van der Waals surface area contributed by atoms with Gasteiger partial charge in [-0.2, -0.15) is 5.57 Å². The molecule has 0 N–H and O–H groups in total. The van der Waals surface area contributed by atoms with E-state index in [2.05, 4.69) is 62.8 Å². The molecule has 41 heavy (non-hydrogen) atoms. The van der Waals surface area contributed by atoms with E-state index in [0.717, 1.165) is 5.57 Å². The number of para-hydroxylation sites is 3. The second-order valence-corrected chi connectivity index (χ2v) is 21.5. The van der Waals surface area contributed by atoms with Crippen molar-refractivity contribution in [2.24, 2.45) is 0 Å². The summed E-state index contributed by atoms with van der Waals surface area (Å²) in [7, 11) is -1.94. The van der Waals surface area contributed by atoms with Crippen molar-refractivity contribution in [1.82, 2.24) is 0 Å². The molecule has 3 aromatic carbocycles. The van der Waals surface area contributed by atoms with Crippen LogP contribution in [-0.4, -0.2) is 16.1 Å². The Morgan fingerprint density at radius 3 is 0.878 bits per heavy atom. The van der Waals surface area contributed by atoms with Crippen LogP contribution in [0, 0.1) is 6.58 Å². The first-order valence-corrected chi connectivity index (χ1v) is 20.4. The fraction of sp³-hybridized carbons (Fsp3) is 0.257. The zero-order chi connectivity index (χ0) is 31.0. The first-order valence-electron chi connectivity index (χ1n) is 13.3. The van der Waals surface area contributed by atoms with E-state index in [1.807, 2.05) is 45.0 Å². The van der Waals surface area contributed by atoms with Gasteiger partial charge in [0.25, 0.3) is 0 Å². The summed E-state index contributed by atoms with van der Waals surface area (Å²) < 4.78 is 0. The third kappa shape index (κ3) is 39.4. The Kier molecular flexibility index (Phi) is 25.9. The van der Waals surface area contributed by atoms with E-state index in [4.69, 9.17) is 6.58 Å². The van der Waals surface area contributed by atoms with Gasteiger partial charge in [0.15, 0.2) is 0 Å². The summed E-state index contributed by atoms with van der Waals surface area (Å²) >= 11 is 0. The molecule has 6 heteroatoms. The standard InChI is InChI=1S/C10H22Si2.C7H11.3C6H6O.Ti/c1-11(2,3)9-7-8-10-12(4,5)6;1-6(2)5-7(3)4;3*7-6-4-2-1-3-5-6;/h7-10H,1-6H3;1,5H,2-4H3;3*1-5,7H;/q;-1;;;;+4/p-3. The minimum Gasteiger partial charge on any atom is -0.872 e. The molecule has 0 heterocycles. The van der Waals surface area contributed by atoms with Gasteiger partial charge >= 0.3 is 21.7 Å². The van der Waals surface area contributed by atoms with Crippen molar-refractivity contribution in [3.05, 3.63) is 138 Å². The van der Waals surface area contributed by atoms with Gasteiger partial charge in [0.05, 0.1) is 16.1 Å². The van der Waals surface area contributed by atoms with Crippen LogP contribution in [0.2, 0.25) is 39.3 Å². The Labute approximate surface area is 267 Å². The van der Waals surface area contributed by atoms with Crippen molar-refractivity contribution < 1.29 is 37.0 Å². The van der Waals surface area contributed by atoms with Crippen molar-refractivity contribution in [2.45, 2.75) is 60.1 Å². The summed E-state index contributed by atoms with van der Waals surface area (Å²) in [5, 5.41) is 30.8. The second kappa shape index (κ2) is 24.9. The van der Waals surface area contributed by atoms with Gasteiger partial charge in [-0.1, -0.05) is 175 Å². The monoisotopic (exact) mass is 620 g/mol. The van der Waals surface area contributed by atoms with Crippen LogP contribution in [0.1, 0.15) is 20.8 Å². The number of benzene rings is 3. The predicted octanol–water partition coefficient (Wildman–Crippen LogP) is 8.46. The molecule has 0 aliphatic heterocycles. The maximum Gasteiger partial charge on any atom is 4.00 e. The van der Waals surface area contributed by atoms with E-state index in [1.165, 1.54) is 42.0 Å².